The molecule has 0 amide bonds. The molecule has 14 heavy (non-hydrogen) atoms. The summed E-state index contributed by atoms with van der Waals surface area (Å²) in [5, 5.41) is 3.32. The largest absolute Gasteiger partial charge is 0.298 e. The summed E-state index contributed by atoms with van der Waals surface area (Å²) in [5.74, 6) is 0. The minimum atomic E-state index is 0.874. The summed E-state index contributed by atoms with van der Waals surface area (Å²) in [6.07, 6.45) is 1.90. The van der Waals surface area contributed by atoms with Gasteiger partial charge in [0.25, 0.3) is 0 Å². The second-order valence-corrected chi connectivity index (χ2v) is 4.34. The number of rotatable bonds is 2. The monoisotopic (exact) mass is 204 g/mol. The van der Waals surface area contributed by atoms with Crippen LogP contribution in [0.25, 0.3) is 10.1 Å². The Morgan fingerprint density at radius 2 is 2.29 bits per heavy atom. The van der Waals surface area contributed by atoms with E-state index in [1.165, 1.54) is 15.6 Å². The number of aryl methyl sites for hydroxylation is 2. The molecule has 0 aliphatic carbocycles. The average Bonchev–Trinajstić information content (AvgIpc) is 2.62. The van der Waals surface area contributed by atoms with Gasteiger partial charge in [0.1, 0.15) is 0 Å². The van der Waals surface area contributed by atoms with Crippen molar-refractivity contribution in [2.75, 3.05) is 0 Å². The van der Waals surface area contributed by atoms with Gasteiger partial charge >= 0.3 is 0 Å². The Hall–Kier alpha value is -1.15. The number of hydrogen-bond donors (Lipinski definition) is 0. The maximum Gasteiger partial charge on any atom is 0.150 e. The van der Waals surface area contributed by atoms with Crippen molar-refractivity contribution in [1.82, 2.24) is 0 Å². The van der Waals surface area contributed by atoms with Crippen LogP contribution in [0.1, 0.15) is 28.4 Å². The van der Waals surface area contributed by atoms with Gasteiger partial charge in [0, 0.05) is 10.3 Å². The van der Waals surface area contributed by atoms with E-state index in [1.807, 2.05) is 6.92 Å². The van der Waals surface area contributed by atoms with Crippen LogP contribution in [-0.4, -0.2) is 6.29 Å². The van der Waals surface area contributed by atoms with Gasteiger partial charge in [-0.1, -0.05) is 6.92 Å². The first-order valence-corrected chi connectivity index (χ1v) is 5.60. The van der Waals surface area contributed by atoms with E-state index in [-0.39, 0.29) is 0 Å². The van der Waals surface area contributed by atoms with Gasteiger partial charge in [-0.15, -0.1) is 11.3 Å². The van der Waals surface area contributed by atoms with Crippen molar-refractivity contribution in [3.05, 3.63) is 34.2 Å². The Balaban J connectivity index is 2.88. The molecule has 0 atom stereocenters. The summed E-state index contributed by atoms with van der Waals surface area (Å²) in [4.78, 5) is 11.0. The van der Waals surface area contributed by atoms with E-state index in [2.05, 4.69) is 24.4 Å². The number of carbonyl (C=O) groups excluding carboxylic acids is 1. The maximum atomic E-state index is 11.0. The van der Waals surface area contributed by atoms with Gasteiger partial charge in [-0.3, -0.25) is 4.79 Å². The quantitative estimate of drug-likeness (QED) is 0.683. The molecular weight excluding hydrogens is 192 g/mol. The van der Waals surface area contributed by atoms with E-state index in [4.69, 9.17) is 0 Å². The van der Waals surface area contributed by atoms with Crippen LogP contribution in [0, 0.1) is 6.92 Å². The molecule has 72 valence electrons. The highest BCUT2D eigenvalue weighted by atomic mass is 32.1. The molecule has 0 saturated carbocycles. The number of fused-ring (bicyclic) bond motifs is 1. The highest BCUT2D eigenvalue weighted by molar-refractivity contribution is 7.17. The highest BCUT2D eigenvalue weighted by Crippen LogP contribution is 2.29. The maximum absolute atomic E-state index is 11.0. The second-order valence-electron chi connectivity index (χ2n) is 3.39. The van der Waals surface area contributed by atoms with Crippen LogP contribution < -0.4 is 0 Å². The van der Waals surface area contributed by atoms with Crippen molar-refractivity contribution >= 4 is 27.7 Å². The van der Waals surface area contributed by atoms with Crippen LogP contribution in [-0.2, 0) is 6.42 Å². The first-order chi connectivity index (χ1) is 6.77. The van der Waals surface area contributed by atoms with Crippen molar-refractivity contribution in [3.63, 3.8) is 0 Å². The zero-order valence-corrected chi connectivity index (χ0v) is 9.15. The standard InChI is InChI=1S/C12H12OS/c1-3-9-10-4-5-14-12(10)6-8(2)11(9)7-13/h4-7H,3H2,1-2H3. The Morgan fingerprint density at radius 1 is 1.50 bits per heavy atom. The lowest BCUT2D eigenvalue weighted by Gasteiger charge is -2.07. The number of carbonyl (C=O) groups is 1. The number of thiophene rings is 1. The van der Waals surface area contributed by atoms with Crippen LogP contribution in [0.5, 0.6) is 0 Å². The van der Waals surface area contributed by atoms with Crippen molar-refractivity contribution in [1.29, 1.82) is 0 Å². The lowest BCUT2D eigenvalue weighted by molar-refractivity contribution is 0.112. The van der Waals surface area contributed by atoms with Crippen molar-refractivity contribution in [2.45, 2.75) is 20.3 Å². The summed E-state index contributed by atoms with van der Waals surface area (Å²) in [6, 6.07) is 4.20. The van der Waals surface area contributed by atoms with Crippen molar-refractivity contribution in [3.8, 4) is 0 Å². The summed E-state index contributed by atoms with van der Waals surface area (Å²) < 4.78 is 1.28. The Labute approximate surface area is 87.4 Å². The number of aldehydes is 1. The first-order valence-electron chi connectivity index (χ1n) is 4.72. The fourth-order valence-electron chi connectivity index (χ4n) is 1.88. The molecule has 1 aromatic heterocycles. The number of benzene rings is 1. The topological polar surface area (TPSA) is 17.1 Å². The zero-order valence-electron chi connectivity index (χ0n) is 8.33. The molecule has 1 nitrogen and oxygen atoms in total. The van der Waals surface area contributed by atoms with E-state index in [9.17, 15) is 4.79 Å². The summed E-state index contributed by atoms with van der Waals surface area (Å²) in [5.41, 5.74) is 3.15. The molecule has 0 N–H and O–H groups in total. The minimum Gasteiger partial charge on any atom is -0.298 e. The van der Waals surface area contributed by atoms with Crippen LogP contribution in [0.2, 0.25) is 0 Å². The number of hydrogen-bond acceptors (Lipinski definition) is 2. The predicted molar refractivity (Wildman–Crippen MR) is 61.3 cm³/mol. The van der Waals surface area contributed by atoms with E-state index in [0.717, 1.165) is 23.8 Å². The fraction of sp³-hybridized carbons (Fsp3) is 0.250. The predicted octanol–water partition coefficient (Wildman–Crippen LogP) is 3.58. The van der Waals surface area contributed by atoms with Gasteiger partial charge in [-0.25, -0.2) is 0 Å². The molecule has 0 radical (unpaired) electrons. The summed E-state index contributed by atoms with van der Waals surface area (Å²) >= 11 is 1.73. The molecule has 2 heteroatoms. The molecule has 0 unspecified atom stereocenters. The molecule has 2 aromatic rings. The lowest BCUT2D eigenvalue weighted by Crippen LogP contribution is -1.94. The first kappa shape index (κ1) is 9.41. The van der Waals surface area contributed by atoms with E-state index in [0.29, 0.717) is 0 Å². The molecule has 0 aliphatic rings. The molecule has 0 fully saturated rings. The minimum absolute atomic E-state index is 0.874. The molecular formula is C12H12OS. The van der Waals surface area contributed by atoms with Gasteiger partial charge in [0.05, 0.1) is 0 Å². The van der Waals surface area contributed by atoms with Crippen molar-refractivity contribution in [2.24, 2.45) is 0 Å². The SMILES string of the molecule is CCc1c(C=O)c(C)cc2sccc12. The van der Waals surface area contributed by atoms with Gasteiger partial charge in [0.2, 0.25) is 0 Å². The van der Waals surface area contributed by atoms with Gasteiger partial charge < -0.3 is 0 Å². The van der Waals surface area contributed by atoms with E-state index in [1.54, 1.807) is 11.3 Å². The van der Waals surface area contributed by atoms with Crippen LogP contribution in [0.4, 0.5) is 0 Å². The Morgan fingerprint density at radius 3 is 2.93 bits per heavy atom. The van der Waals surface area contributed by atoms with Crippen LogP contribution in [0.15, 0.2) is 17.5 Å². The van der Waals surface area contributed by atoms with E-state index < -0.39 is 0 Å². The zero-order chi connectivity index (χ0) is 10.1. The third-order valence-electron chi connectivity index (χ3n) is 2.59. The third-order valence-corrected chi connectivity index (χ3v) is 3.45. The van der Waals surface area contributed by atoms with Crippen LogP contribution >= 0.6 is 11.3 Å². The van der Waals surface area contributed by atoms with Crippen molar-refractivity contribution < 1.29 is 4.79 Å². The fourth-order valence-corrected chi connectivity index (χ4v) is 2.80. The lowest BCUT2D eigenvalue weighted by atomic mass is 9.98. The molecule has 0 saturated heterocycles. The third kappa shape index (κ3) is 1.26. The van der Waals surface area contributed by atoms with Gasteiger partial charge in [0.15, 0.2) is 6.29 Å². The smallest absolute Gasteiger partial charge is 0.150 e. The summed E-state index contributed by atoms with van der Waals surface area (Å²) in [6.45, 7) is 4.10. The second kappa shape index (κ2) is 3.54. The molecule has 2 rings (SSSR count). The van der Waals surface area contributed by atoms with Gasteiger partial charge in [-0.2, -0.15) is 0 Å². The van der Waals surface area contributed by atoms with Crippen LogP contribution in [0.3, 0.4) is 0 Å². The Kier molecular flexibility index (Phi) is 2.38. The molecule has 0 aliphatic heterocycles. The molecule has 0 spiro atoms. The molecule has 1 heterocycles. The molecule has 1 aromatic carbocycles. The van der Waals surface area contributed by atoms with Gasteiger partial charge in [-0.05, 0) is 47.4 Å². The normalized spacial score (nSPS) is 10.7. The average molecular weight is 204 g/mol. The molecule has 0 bridgehead atoms. The Bertz CT molecular complexity index is 482. The highest BCUT2D eigenvalue weighted by Gasteiger charge is 2.09. The van der Waals surface area contributed by atoms with E-state index >= 15 is 0 Å². The summed E-state index contributed by atoms with van der Waals surface area (Å²) in [7, 11) is 0.